The summed E-state index contributed by atoms with van der Waals surface area (Å²) in [5, 5.41) is 8.06. The smallest absolute Gasteiger partial charge is 0.0738 e. The summed E-state index contributed by atoms with van der Waals surface area (Å²) in [6.07, 6.45) is 1.09. The molecule has 0 aromatic carbocycles. The Morgan fingerprint density at radius 3 is 2.38 bits per heavy atom. The molecule has 92 valence electrons. The van der Waals surface area contributed by atoms with E-state index in [-0.39, 0.29) is 0 Å². The van der Waals surface area contributed by atoms with Gasteiger partial charge in [-0.25, -0.2) is 0 Å². The van der Waals surface area contributed by atoms with Crippen LogP contribution in [0.4, 0.5) is 0 Å². The molecule has 0 spiro atoms. The van der Waals surface area contributed by atoms with Gasteiger partial charge >= 0.3 is 0 Å². The van der Waals surface area contributed by atoms with Crippen LogP contribution < -0.4 is 5.32 Å². The van der Waals surface area contributed by atoms with E-state index < -0.39 is 0 Å². The summed E-state index contributed by atoms with van der Waals surface area (Å²) in [4.78, 5) is 0. The molecule has 0 saturated heterocycles. The summed E-state index contributed by atoms with van der Waals surface area (Å²) in [5.74, 6) is 0. The summed E-state index contributed by atoms with van der Waals surface area (Å²) in [6, 6.07) is 0.960. The maximum absolute atomic E-state index is 4.59. The van der Waals surface area contributed by atoms with E-state index in [2.05, 4.69) is 58.7 Å². The number of halogens is 1. The zero-order chi connectivity index (χ0) is 12.3. The lowest BCUT2D eigenvalue weighted by Gasteiger charge is -2.19. The Bertz CT molecular complexity index is 344. The second kappa shape index (κ2) is 5.82. The van der Waals surface area contributed by atoms with Crippen LogP contribution >= 0.6 is 15.9 Å². The van der Waals surface area contributed by atoms with E-state index in [1.54, 1.807) is 0 Å². The van der Waals surface area contributed by atoms with E-state index >= 15 is 0 Å². The van der Waals surface area contributed by atoms with Gasteiger partial charge in [-0.15, -0.1) is 0 Å². The fourth-order valence-corrected chi connectivity index (χ4v) is 2.03. The molecule has 0 radical (unpaired) electrons. The topological polar surface area (TPSA) is 29.9 Å². The molecule has 0 aliphatic heterocycles. The standard InChI is InChI=1S/C12H22BrN3/c1-6-11(7-14-8(2)3)16-10(5)12(13)9(4)15-16/h8,11,14H,6-7H2,1-5H3. The second-order valence-electron chi connectivity index (χ2n) is 4.55. The Kier molecular flexibility index (Phi) is 4.99. The molecule has 3 nitrogen and oxygen atoms in total. The number of hydrogen-bond donors (Lipinski definition) is 1. The minimum atomic E-state index is 0.437. The molecule has 1 atom stereocenters. The van der Waals surface area contributed by atoms with Crippen LogP contribution in [0.2, 0.25) is 0 Å². The Labute approximate surface area is 107 Å². The van der Waals surface area contributed by atoms with Gasteiger partial charge in [-0.1, -0.05) is 20.8 Å². The van der Waals surface area contributed by atoms with Crippen LogP contribution in [0.15, 0.2) is 4.47 Å². The maximum atomic E-state index is 4.59. The molecule has 0 saturated carbocycles. The first-order chi connectivity index (χ1) is 7.47. The van der Waals surface area contributed by atoms with Crippen molar-refractivity contribution in [2.75, 3.05) is 6.54 Å². The molecule has 0 bridgehead atoms. The van der Waals surface area contributed by atoms with Crippen LogP contribution in [0, 0.1) is 13.8 Å². The Morgan fingerprint density at radius 2 is 2.00 bits per heavy atom. The lowest BCUT2D eigenvalue weighted by Crippen LogP contribution is -2.31. The zero-order valence-electron chi connectivity index (χ0n) is 10.8. The molecule has 1 rings (SSSR count). The van der Waals surface area contributed by atoms with Crippen molar-refractivity contribution in [3.8, 4) is 0 Å². The van der Waals surface area contributed by atoms with Crippen molar-refractivity contribution < 1.29 is 0 Å². The minimum absolute atomic E-state index is 0.437. The first-order valence-electron chi connectivity index (χ1n) is 5.91. The lowest BCUT2D eigenvalue weighted by atomic mass is 10.2. The minimum Gasteiger partial charge on any atom is -0.312 e. The first-order valence-corrected chi connectivity index (χ1v) is 6.71. The summed E-state index contributed by atoms with van der Waals surface area (Å²) >= 11 is 3.57. The SMILES string of the molecule is CCC(CNC(C)C)n1nc(C)c(Br)c1C. The predicted molar refractivity (Wildman–Crippen MR) is 71.9 cm³/mol. The average Bonchev–Trinajstić information content (AvgIpc) is 2.47. The van der Waals surface area contributed by atoms with Gasteiger partial charge < -0.3 is 5.32 Å². The van der Waals surface area contributed by atoms with Crippen molar-refractivity contribution in [3.05, 3.63) is 15.9 Å². The summed E-state index contributed by atoms with van der Waals surface area (Å²) in [5.41, 5.74) is 2.29. The van der Waals surface area contributed by atoms with Gasteiger partial charge in [0.05, 0.1) is 21.9 Å². The third kappa shape index (κ3) is 3.08. The Hall–Kier alpha value is -0.350. The Balaban J connectivity index is 2.82. The van der Waals surface area contributed by atoms with Crippen LogP contribution in [0.5, 0.6) is 0 Å². The molecule has 0 aliphatic rings. The van der Waals surface area contributed by atoms with Gasteiger partial charge in [-0.05, 0) is 36.2 Å². The number of aryl methyl sites for hydroxylation is 1. The predicted octanol–water partition coefficient (Wildman–Crippen LogP) is 3.21. The van der Waals surface area contributed by atoms with E-state index in [4.69, 9.17) is 0 Å². The number of nitrogens with zero attached hydrogens (tertiary/aromatic N) is 2. The molecule has 0 fully saturated rings. The number of aromatic nitrogens is 2. The number of rotatable bonds is 5. The van der Waals surface area contributed by atoms with Crippen molar-refractivity contribution >= 4 is 15.9 Å². The fourth-order valence-electron chi connectivity index (χ4n) is 1.77. The zero-order valence-corrected chi connectivity index (χ0v) is 12.4. The highest BCUT2D eigenvalue weighted by Crippen LogP contribution is 2.23. The molecule has 16 heavy (non-hydrogen) atoms. The molecule has 1 N–H and O–H groups in total. The molecular weight excluding hydrogens is 266 g/mol. The highest BCUT2D eigenvalue weighted by Gasteiger charge is 2.16. The normalized spacial score (nSPS) is 13.4. The highest BCUT2D eigenvalue weighted by atomic mass is 79.9. The van der Waals surface area contributed by atoms with Crippen molar-refractivity contribution in [3.63, 3.8) is 0 Å². The summed E-state index contributed by atoms with van der Waals surface area (Å²) in [6.45, 7) is 11.7. The van der Waals surface area contributed by atoms with Gasteiger partial charge in [0.1, 0.15) is 0 Å². The first kappa shape index (κ1) is 13.7. The molecular formula is C12H22BrN3. The van der Waals surface area contributed by atoms with Gasteiger partial charge in [0, 0.05) is 12.6 Å². The molecule has 0 aliphatic carbocycles. The van der Waals surface area contributed by atoms with Crippen LogP contribution in [-0.4, -0.2) is 22.4 Å². The maximum Gasteiger partial charge on any atom is 0.0738 e. The number of hydrogen-bond acceptors (Lipinski definition) is 2. The number of nitrogens with one attached hydrogen (secondary N) is 1. The van der Waals surface area contributed by atoms with Gasteiger partial charge in [0.15, 0.2) is 0 Å². The van der Waals surface area contributed by atoms with Crippen molar-refractivity contribution in [1.82, 2.24) is 15.1 Å². The quantitative estimate of drug-likeness (QED) is 0.901. The van der Waals surface area contributed by atoms with Crippen LogP contribution in [0.1, 0.15) is 44.6 Å². The van der Waals surface area contributed by atoms with Crippen molar-refractivity contribution in [2.45, 2.75) is 53.1 Å². The third-order valence-corrected chi connectivity index (χ3v) is 3.96. The average molecular weight is 288 g/mol. The molecule has 1 aromatic heterocycles. The molecule has 1 heterocycles. The molecule has 0 amide bonds. The fraction of sp³-hybridized carbons (Fsp3) is 0.750. The lowest BCUT2D eigenvalue weighted by molar-refractivity contribution is 0.389. The van der Waals surface area contributed by atoms with Crippen LogP contribution in [-0.2, 0) is 0 Å². The van der Waals surface area contributed by atoms with Crippen molar-refractivity contribution in [1.29, 1.82) is 0 Å². The third-order valence-electron chi connectivity index (χ3n) is 2.82. The second-order valence-corrected chi connectivity index (χ2v) is 5.35. The van der Waals surface area contributed by atoms with Crippen LogP contribution in [0.3, 0.4) is 0 Å². The summed E-state index contributed by atoms with van der Waals surface area (Å²) in [7, 11) is 0. The molecule has 1 aromatic rings. The van der Waals surface area contributed by atoms with E-state index in [9.17, 15) is 0 Å². The van der Waals surface area contributed by atoms with Gasteiger partial charge in [0.2, 0.25) is 0 Å². The van der Waals surface area contributed by atoms with E-state index in [0.717, 1.165) is 23.1 Å². The molecule has 4 heteroatoms. The van der Waals surface area contributed by atoms with E-state index in [1.165, 1.54) is 5.69 Å². The monoisotopic (exact) mass is 287 g/mol. The van der Waals surface area contributed by atoms with Gasteiger partial charge in [-0.2, -0.15) is 5.10 Å². The van der Waals surface area contributed by atoms with E-state index in [1.807, 2.05) is 6.92 Å². The Morgan fingerprint density at radius 1 is 1.38 bits per heavy atom. The van der Waals surface area contributed by atoms with Crippen molar-refractivity contribution in [2.24, 2.45) is 0 Å². The van der Waals surface area contributed by atoms with E-state index in [0.29, 0.717) is 12.1 Å². The molecule has 1 unspecified atom stereocenters. The largest absolute Gasteiger partial charge is 0.312 e. The van der Waals surface area contributed by atoms with Crippen LogP contribution in [0.25, 0.3) is 0 Å². The van der Waals surface area contributed by atoms with Gasteiger partial charge in [-0.3, -0.25) is 4.68 Å². The summed E-state index contributed by atoms with van der Waals surface area (Å²) < 4.78 is 3.27. The highest BCUT2D eigenvalue weighted by molar-refractivity contribution is 9.10. The van der Waals surface area contributed by atoms with Gasteiger partial charge in [0.25, 0.3) is 0 Å².